The number of rotatable bonds is 11. The first kappa shape index (κ1) is 19.8. The van der Waals surface area contributed by atoms with Crippen LogP contribution in [-0.2, 0) is 14.2 Å². The van der Waals surface area contributed by atoms with Gasteiger partial charge in [-0.3, -0.25) is 0 Å². The second-order valence-electron chi connectivity index (χ2n) is 5.83. The molecule has 1 saturated heterocycles. The summed E-state index contributed by atoms with van der Waals surface area (Å²) in [6.07, 6.45) is 1.46. The molecule has 22 heavy (non-hydrogen) atoms. The van der Waals surface area contributed by atoms with Gasteiger partial charge >= 0.3 is 0 Å². The Morgan fingerprint density at radius 2 is 1.45 bits per heavy atom. The average molecular weight is 320 g/mol. The first-order valence-electron chi connectivity index (χ1n) is 8.51. The van der Waals surface area contributed by atoms with Gasteiger partial charge in [0.2, 0.25) is 0 Å². The molecule has 1 aliphatic rings. The van der Waals surface area contributed by atoms with Gasteiger partial charge in [0.05, 0.1) is 6.61 Å². The first-order valence-corrected chi connectivity index (χ1v) is 8.51. The maximum Gasteiger partial charge on any atom is 0.186 e. The predicted molar refractivity (Wildman–Crippen MR) is 82.5 cm³/mol. The summed E-state index contributed by atoms with van der Waals surface area (Å²) in [5.41, 5.74) is 0. The van der Waals surface area contributed by atoms with Crippen LogP contribution in [0.4, 0.5) is 0 Å². The van der Waals surface area contributed by atoms with Crippen molar-refractivity contribution in [2.45, 2.75) is 83.1 Å². The van der Waals surface area contributed by atoms with Gasteiger partial charge in [0.1, 0.15) is 24.4 Å². The van der Waals surface area contributed by atoms with Crippen LogP contribution in [0, 0.1) is 0 Å². The molecule has 3 N–H and O–H groups in total. The van der Waals surface area contributed by atoms with Gasteiger partial charge in [-0.2, -0.15) is 0 Å². The fraction of sp³-hybridized carbons (Fsp3) is 1.00. The Labute approximate surface area is 133 Å². The molecule has 1 fully saturated rings. The van der Waals surface area contributed by atoms with Crippen LogP contribution >= 0.6 is 0 Å². The highest BCUT2D eigenvalue weighted by molar-refractivity contribution is 4.90. The molecule has 0 aromatic rings. The molecule has 0 radical (unpaired) electrons. The van der Waals surface area contributed by atoms with Crippen molar-refractivity contribution in [3.05, 3.63) is 0 Å². The van der Waals surface area contributed by atoms with Gasteiger partial charge in [-0.05, 0) is 12.8 Å². The summed E-state index contributed by atoms with van der Waals surface area (Å²) in [6, 6.07) is 0. The molecule has 0 aromatic carbocycles. The predicted octanol–water partition coefficient (Wildman–Crippen LogP) is 1.21. The lowest BCUT2D eigenvalue weighted by Crippen LogP contribution is -2.60. The summed E-state index contributed by atoms with van der Waals surface area (Å²) in [4.78, 5) is 0. The normalized spacial score (nSPS) is 32.3. The van der Waals surface area contributed by atoms with Crippen LogP contribution in [0.15, 0.2) is 0 Å². The van der Waals surface area contributed by atoms with Gasteiger partial charge in [0, 0.05) is 13.2 Å². The molecular weight excluding hydrogens is 288 g/mol. The van der Waals surface area contributed by atoms with E-state index in [2.05, 4.69) is 13.8 Å². The fourth-order valence-electron chi connectivity index (χ4n) is 2.49. The van der Waals surface area contributed by atoms with E-state index in [1.165, 1.54) is 0 Å². The van der Waals surface area contributed by atoms with E-state index >= 15 is 0 Å². The van der Waals surface area contributed by atoms with Crippen molar-refractivity contribution in [1.82, 2.24) is 0 Å². The van der Waals surface area contributed by atoms with Crippen LogP contribution < -0.4 is 0 Å². The molecule has 0 unspecified atom stereocenters. The van der Waals surface area contributed by atoms with Gasteiger partial charge in [-0.25, -0.2) is 0 Å². The van der Waals surface area contributed by atoms with E-state index in [9.17, 15) is 15.3 Å². The van der Waals surface area contributed by atoms with Gasteiger partial charge in [-0.15, -0.1) is 0 Å². The minimum atomic E-state index is -1.17. The molecule has 1 aliphatic heterocycles. The minimum Gasteiger partial charge on any atom is -0.394 e. The number of aliphatic hydroxyl groups excluding tert-OH is 3. The summed E-state index contributed by atoms with van der Waals surface area (Å²) < 4.78 is 16.9. The number of aliphatic hydroxyl groups is 3. The van der Waals surface area contributed by atoms with Gasteiger partial charge in [0.15, 0.2) is 6.29 Å². The Bertz CT molecular complexity index is 275. The molecule has 6 nitrogen and oxygen atoms in total. The molecular formula is C16H32O6. The molecule has 0 aromatic heterocycles. The molecule has 6 heteroatoms. The Kier molecular flexibility index (Phi) is 10.2. The zero-order chi connectivity index (χ0) is 16.4. The van der Waals surface area contributed by atoms with E-state index in [1.54, 1.807) is 0 Å². The smallest absolute Gasteiger partial charge is 0.186 e. The minimum absolute atomic E-state index is 0.365. The fourth-order valence-corrected chi connectivity index (χ4v) is 2.49. The zero-order valence-electron chi connectivity index (χ0n) is 13.8. The number of unbranched alkanes of at least 4 members (excludes halogenated alkanes) is 4. The Morgan fingerprint density at radius 3 is 2.00 bits per heavy atom. The van der Waals surface area contributed by atoms with Crippen LogP contribution in [-0.4, -0.2) is 65.8 Å². The van der Waals surface area contributed by atoms with Crippen LogP contribution in [0.2, 0.25) is 0 Å². The SMILES string of the molecule is CCCCCO[C@@H]1O[C@H](CO)[C@@H](O)[C@H](O)[C@H]1OCCCCC. The summed E-state index contributed by atoms with van der Waals surface area (Å²) >= 11 is 0. The zero-order valence-corrected chi connectivity index (χ0v) is 13.8. The number of hydrogen-bond donors (Lipinski definition) is 3. The Morgan fingerprint density at radius 1 is 0.864 bits per heavy atom. The first-order chi connectivity index (χ1) is 10.7. The van der Waals surface area contributed by atoms with E-state index in [1.807, 2.05) is 0 Å². The molecule has 0 spiro atoms. The van der Waals surface area contributed by atoms with E-state index < -0.39 is 30.7 Å². The second-order valence-corrected chi connectivity index (χ2v) is 5.83. The van der Waals surface area contributed by atoms with Crippen molar-refractivity contribution in [2.75, 3.05) is 19.8 Å². The van der Waals surface area contributed by atoms with Crippen molar-refractivity contribution in [2.24, 2.45) is 0 Å². The largest absolute Gasteiger partial charge is 0.394 e. The maximum atomic E-state index is 10.2. The lowest BCUT2D eigenvalue weighted by Gasteiger charge is -2.41. The van der Waals surface area contributed by atoms with Crippen LogP contribution in [0.3, 0.4) is 0 Å². The number of hydrogen-bond acceptors (Lipinski definition) is 6. The summed E-state index contributed by atoms with van der Waals surface area (Å²) in [6.45, 7) is 4.85. The van der Waals surface area contributed by atoms with E-state index in [-0.39, 0.29) is 6.61 Å². The van der Waals surface area contributed by atoms with Crippen molar-refractivity contribution in [3.8, 4) is 0 Å². The van der Waals surface area contributed by atoms with E-state index in [4.69, 9.17) is 14.2 Å². The highest BCUT2D eigenvalue weighted by Gasteiger charge is 2.45. The Balaban J connectivity index is 2.54. The summed E-state index contributed by atoms with van der Waals surface area (Å²) in [7, 11) is 0. The third-order valence-electron chi connectivity index (χ3n) is 3.91. The summed E-state index contributed by atoms with van der Waals surface area (Å²) in [5.74, 6) is 0. The van der Waals surface area contributed by atoms with Gasteiger partial charge in [-0.1, -0.05) is 39.5 Å². The second kappa shape index (κ2) is 11.3. The molecule has 1 rings (SSSR count). The molecule has 0 amide bonds. The van der Waals surface area contributed by atoms with E-state index in [0.717, 1.165) is 38.5 Å². The molecule has 0 bridgehead atoms. The van der Waals surface area contributed by atoms with E-state index in [0.29, 0.717) is 13.2 Å². The summed E-state index contributed by atoms with van der Waals surface area (Å²) in [5, 5.41) is 29.4. The van der Waals surface area contributed by atoms with Crippen LogP contribution in [0.1, 0.15) is 52.4 Å². The van der Waals surface area contributed by atoms with Gasteiger partial charge < -0.3 is 29.5 Å². The van der Waals surface area contributed by atoms with Crippen molar-refractivity contribution >= 4 is 0 Å². The standard InChI is InChI=1S/C16H32O6/c1-3-5-7-9-20-15-14(19)13(18)12(11-17)22-16(15)21-10-8-6-4-2/h12-19H,3-11H2,1-2H3/t12-,13-,14+,15-,16-/m1/s1. The molecule has 5 atom stereocenters. The quantitative estimate of drug-likeness (QED) is 0.496. The molecule has 1 heterocycles. The maximum absolute atomic E-state index is 10.2. The van der Waals surface area contributed by atoms with Crippen LogP contribution in [0.5, 0.6) is 0 Å². The van der Waals surface area contributed by atoms with Crippen LogP contribution in [0.25, 0.3) is 0 Å². The lowest BCUT2D eigenvalue weighted by atomic mass is 9.99. The highest BCUT2D eigenvalue weighted by atomic mass is 16.7. The third-order valence-corrected chi connectivity index (χ3v) is 3.91. The topological polar surface area (TPSA) is 88.4 Å². The monoisotopic (exact) mass is 320 g/mol. The van der Waals surface area contributed by atoms with Crippen molar-refractivity contribution in [1.29, 1.82) is 0 Å². The average Bonchev–Trinajstić information content (AvgIpc) is 2.53. The Hall–Kier alpha value is -0.240. The molecule has 132 valence electrons. The molecule has 0 saturated carbocycles. The van der Waals surface area contributed by atoms with Crippen molar-refractivity contribution in [3.63, 3.8) is 0 Å². The lowest BCUT2D eigenvalue weighted by molar-refractivity contribution is -0.310. The van der Waals surface area contributed by atoms with Crippen molar-refractivity contribution < 1.29 is 29.5 Å². The van der Waals surface area contributed by atoms with Gasteiger partial charge in [0.25, 0.3) is 0 Å². The number of ether oxygens (including phenoxy) is 3. The molecule has 0 aliphatic carbocycles. The third kappa shape index (κ3) is 6.10. The highest BCUT2D eigenvalue weighted by Crippen LogP contribution is 2.25.